The van der Waals surface area contributed by atoms with Gasteiger partial charge in [0.15, 0.2) is 0 Å². The highest BCUT2D eigenvalue weighted by Gasteiger charge is 2.31. The molecule has 0 bridgehead atoms. The molecule has 0 aromatic heterocycles. The largest absolute Gasteiger partial charge is 0.480 e. The third-order valence-corrected chi connectivity index (χ3v) is 4.27. The summed E-state index contributed by atoms with van der Waals surface area (Å²) < 4.78 is 0.992. The van der Waals surface area contributed by atoms with E-state index in [4.69, 9.17) is 5.11 Å². The maximum atomic E-state index is 12.1. The minimum Gasteiger partial charge on any atom is -0.480 e. The van der Waals surface area contributed by atoms with Crippen LogP contribution in [0.1, 0.15) is 31.4 Å². The molecule has 1 heterocycles. The smallest absolute Gasteiger partial charge is 0.320 e. The highest BCUT2D eigenvalue weighted by Crippen LogP contribution is 2.18. The Morgan fingerprint density at radius 1 is 1.43 bits per heavy atom. The summed E-state index contributed by atoms with van der Waals surface area (Å²) in [5, 5.41) is 12.0. The van der Waals surface area contributed by atoms with E-state index in [-0.39, 0.29) is 18.5 Å². The van der Waals surface area contributed by atoms with Crippen molar-refractivity contribution in [2.45, 2.75) is 31.8 Å². The van der Waals surface area contributed by atoms with Crippen LogP contribution in [0.15, 0.2) is 28.7 Å². The quantitative estimate of drug-likeness (QED) is 0.850. The van der Waals surface area contributed by atoms with Crippen LogP contribution in [0.25, 0.3) is 0 Å². The number of carboxylic acid groups (broad SMARTS) is 1. The van der Waals surface area contributed by atoms with Crippen molar-refractivity contribution in [2.75, 3.05) is 13.1 Å². The van der Waals surface area contributed by atoms with Crippen molar-refractivity contribution in [3.63, 3.8) is 0 Å². The van der Waals surface area contributed by atoms with E-state index >= 15 is 0 Å². The van der Waals surface area contributed by atoms with Crippen LogP contribution in [-0.4, -0.2) is 41.0 Å². The average molecular weight is 355 g/mol. The summed E-state index contributed by atoms with van der Waals surface area (Å²) in [6, 6.07) is 7.13. The second-order valence-corrected chi connectivity index (χ2v) is 6.22. The van der Waals surface area contributed by atoms with E-state index in [2.05, 4.69) is 21.2 Å². The van der Waals surface area contributed by atoms with Gasteiger partial charge in [-0.15, -0.1) is 0 Å². The van der Waals surface area contributed by atoms with Gasteiger partial charge in [0.1, 0.15) is 6.04 Å². The molecule has 2 N–H and O–H groups in total. The molecule has 1 amide bonds. The number of nitrogens with zero attached hydrogens (tertiary/aromatic N) is 1. The Hall–Kier alpha value is -1.40. The normalized spacial score (nSPS) is 20.2. The van der Waals surface area contributed by atoms with Crippen molar-refractivity contribution >= 4 is 27.8 Å². The minimum absolute atomic E-state index is 0.100. The highest BCUT2D eigenvalue weighted by atomic mass is 79.9. The van der Waals surface area contributed by atoms with Gasteiger partial charge in [-0.3, -0.25) is 14.5 Å². The number of nitrogens with one attached hydrogen (secondary N) is 1. The second kappa shape index (κ2) is 7.04. The Morgan fingerprint density at radius 3 is 2.71 bits per heavy atom. The van der Waals surface area contributed by atoms with E-state index in [0.717, 1.165) is 16.5 Å². The van der Waals surface area contributed by atoms with Crippen molar-refractivity contribution in [2.24, 2.45) is 0 Å². The minimum atomic E-state index is -0.846. The van der Waals surface area contributed by atoms with Crippen molar-refractivity contribution in [1.82, 2.24) is 10.2 Å². The molecule has 6 heteroatoms. The number of hydrogen-bond acceptors (Lipinski definition) is 3. The Balaban J connectivity index is 1.89. The van der Waals surface area contributed by atoms with E-state index < -0.39 is 12.0 Å². The number of carbonyl (C=O) groups is 2. The lowest BCUT2D eigenvalue weighted by molar-refractivity contribution is -0.142. The molecule has 2 atom stereocenters. The topological polar surface area (TPSA) is 69.6 Å². The molecule has 0 spiro atoms. The molecule has 1 aromatic carbocycles. The van der Waals surface area contributed by atoms with E-state index in [9.17, 15) is 9.59 Å². The molecule has 0 radical (unpaired) electrons. The molecular formula is C15H19BrN2O3. The first-order valence-electron chi connectivity index (χ1n) is 6.99. The summed E-state index contributed by atoms with van der Waals surface area (Å²) in [6.45, 7) is 2.72. The fraction of sp³-hybridized carbons (Fsp3) is 0.467. The molecule has 0 unspecified atom stereocenters. The Morgan fingerprint density at radius 2 is 2.10 bits per heavy atom. The third kappa shape index (κ3) is 4.28. The lowest BCUT2D eigenvalue weighted by atomic mass is 10.1. The number of aliphatic carboxylic acids is 1. The van der Waals surface area contributed by atoms with Gasteiger partial charge in [-0.1, -0.05) is 28.1 Å². The zero-order valence-electron chi connectivity index (χ0n) is 11.9. The molecule has 1 fully saturated rings. The number of rotatable bonds is 5. The monoisotopic (exact) mass is 354 g/mol. The number of halogens is 1. The summed E-state index contributed by atoms with van der Waals surface area (Å²) in [5.41, 5.74) is 1.02. The van der Waals surface area contributed by atoms with Gasteiger partial charge >= 0.3 is 5.97 Å². The Bertz CT molecular complexity index is 518. The summed E-state index contributed by atoms with van der Waals surface area (Å²) >= 11 is 3.37. The van der Waals surface area contributed by atoms with E-state index in [1.54, 1.807) is 4.90 Å². The van der Waals surface area contributed by atoms with Crippen LogP contribution in [0.2, 0.25) is 0 Å². The van der Waals surface area contributed by atoms with Gasteiger partial charge in [-0.25, -0.2) is 0 Å². The SMILES string of the molecule is C[C@H](NC(=O)CN1CCC[C@H]1C(=O)O)c1ccc(Br)cc1. The average Bonchev–Trinajstić information content (AvgIpc) is 2.87. The van der Waals surface area contributed by atoms with Crippen LogP contribution < -0.4 is 5.32 Å². The number of likely N-dealkylation sites (tertiary alicyclic amines) is 1. The van der Waals surface area contributed by atoms with Gasteiger partial charge in [0.25, 0.3) is 0 Å². The highest BCUT2D eigenvalue weighted by molar-refractivity contribution is 9.10. The van der Waals surface area contributed by atoms with Gasteiger partial charge in [0.2, 0.25) is 5.91 Å². The van der Waals surface area contributed by atoms with Crippen molar-refractivity contribution in [3.05, 3.63) is 34.3 Å². The Kier molecular flexibility index (Phi) is 5.36. The fourth-order valence-electron chi connectivity index (χ4n) is 2.60. The van der Waals surface area contributed by atoms with Crippen LogP contribution >= 0.6 is 15.9 Å². The van der Waals surface area contributed by atoms with Gasteiger partial charge < -0.3 is 10.4 Å². The first-order chi connectivity index (χ1) is 9.97. The third-order valence-electron chi connectivity index (χ3n) is 3.74. The zero-order valence-corrected chi connectivity index (χ0v) is 13.5. The van der Waals surface area contributed by atoms with E-state index in [1.807, 2.05) is 31.2 Å². The Labute approximate surface area is 132 Å². The summed E-state index contributed by atoms with van der Waals surface area (Å²) in [4.78, 5) is 24.9. The van der Waals surface area contributed by atoms with E-state index in [0.29, 0.717) is 13.0 Å². The van der Waals surface area contributed by atoms with Gasteiger partial charge in [0, 0.05) is 4.47 Å². The molecule has 1 aliphatic heterocycles. The predicted molar refractivity (Wildman–Crippen MR) is 82.9 cm³/mol. The molecule has 114 valence electrons. The van der Waals surface area contributed by atoms with Gasteiger partial charge in [-0.2, -0.15) is 0 Å². The number of benzene rings is 1. The van der Waals surface area contributed by atoms with Gasteiger partial charge in [-0.05, 0) is 44.0 Å². The molecule has 0 saturated carbocycles. The van der Waals surface area contributed by atoms with Crippen LogP contribution in [0.3, 0.4) is 0 Å². The number of carboxylic acids is 1. The van der Waals surface area contributed by atoms with E-state index in [1.165, 1.54) is 0 Å². The standard InChI is InChI=1S/C15H19BrN2O3/c1-10(11-4-6-12(16)7-5-11)17-14(19)9-18-8-2-3-13(18)15(20)21/h4-7,10,13H,2-3,8-9H2,1H3,(H,17,19)(H,20,21)/t10-,13-/m0/s1. The first-order valence-corrected chi connectivity index (χ1v) is 7.78. The maximum absolute atomic E-state index is 12.1. The van der Waals surface area contributed by atoms with Crippen LogP contribution in [0, 0.1) is 0 Å². The van der Waals surface area contributed by atoms with Crippen LogP contribution in [-0.2, 0) is 9.59 Å². The molecule has 21 heavy (non-hydrogen) atoms. The molecular weight excluding hydrogens is 336 g/mol. The van der Waals surface area contributed by atoms with Crippen LogP contribution in [0.5, 0.6) is 0 Å². The first kappa shape index (κ1) is 16.0. The molecule has 2 rings (SSSR count). The fourth-order valence-corrected chi connectivity index (χ4v) is 2.87. The second-order valence-electron chi connectivity index (χ2n) is 5.31. The number of amides is 1. The summed E-state index contributed by atoms with van der Waals surface area (Å²) in [7, 11) is 0. The number of carbonyl (C=O) groups excluding carboxylic acids is 1. The molecule has 1 saturated heterocycles. The zero-order chi connectivity index (χ0) is 15.4. The lowest BCUT2D eigenvalue weighted by Gasteiger charge is -2.22. The maximum Gasteiger partial charge on any atom is 0.320 e. The number of hydrogen-bond donors (Lipinski definition) is 2. The van der Waals surface area contributed by atoms with Crippen molar-refractivity contribution in [1.29, 1.82) is 0 Å². The van der Waals surface area contributed by atoms with Crippen LogP contribution in [0.4, 0.5) is 0 Å². The predicted octanol–water partition coefficient (Wildman–Crippen LogP) is 2.18. The lowest BCUT2D eigenvalue weighted by Crippen LogP contribution is -2.43. The summed E-state index contributed by atoms with van der Waals surface area (Å²) in [6.07, 6.45) is 1.44. The molecule has 1 aromatic rings. The van der Waals surface area contributed by atoms with Crippen molar-refractivity contribution < 1.29 is 14.7 Å². The van der Waals surface area contributed by atoms with Crippen molar-refractivity contribution in [3.8, 4) is 0 Å². The van der Waals surface area contributed by atoms with Gasteiger partial charge in [0.05, 0.1) is 12.6 Å². The summed E-state index contributed by atoms with van der Waals surface area (Å²) in [5.74, 6) is -0.986. The molecule has 0 aliphatic carbocycles. The molecule has 5 nitrogen and oxygen atoms in total. The molecule has 1 aliphatic rings.